The number of aryl methyl sites for hydroxylation is 1. The monoisotopic (exact) mass is 451 g/mol. The van der Waals surface area contributed by atoms with E-state index in [1.54, 1.807) is 30.3 Å². The Morgan fingerprint density at radius 3 is 2.28 bits per heavy atom. The molecule has 0 aliphatic carbocycles. The molecule has 0 fully saturated rings. The molecule has 0 amide bonds. The van der Waals surface area contributed by atoms with Crippen molar-refractivity contribution in [2.24, 2.45) is 0 Å². The summed E-state index contributed by atoms with van der Waals surface area (Å²) in [6.45, 7) is 1.93. The molecule has 1 aliphatic rings. The fourth-order valence-electron chi connectivity index (χ4n) is 4.07. The normalized spacial score (nSPS) is 19.4. The van der Waals surface area contributed by atoms with Gasteiger partial charge in [-0.3, -0.25) is 0 Å². The molecule has 5 nitrogen and oxygen atoms in total. The SMILES string of the molecule is Cc1ccc([C@@H]2CC=C(C(=O)O)[C@H](c3cccc(F)c3)N2S(=O)(=O)c2ccccc2)cc1. The van der Waals surface area contributed by atoms with Crippen LogP contribution in [-0.4, -0.2) is 23.8 Å². The smallest absolute Gasteiger partial charge is 0.333 e. The van der Waals surface area contributed by atoms with E-state index in [2.05, 4.69) is 0 Å². The molecule has 0 unspecified atom stereocenters. The summed E-state index contributed by atoms with van der Waals surface area (Å²) in [6.07, 6.45) is 1.72. The summed E-state index contributed by atoms with van der Waals surface area (Å²) in [5, 5.41) is 9.90. The van der Waals surface area contributed by atoms with Crippen LogP contribution in [0.2, 0.25) is 0 Å². The molecule has 32 heavy (non-hydrogen) atoms. The maximum Gasteiger partial charge on any atom is 0.333 e. The third kappa shape index (κ3) is 4.09. The van der Waals surface area contributed by atoms with Crippen molar-refractivity contribution in [2.45, 2.75) is 30.3 Å². The number of nitrogens with zero attached hydrogens (tertiary/aromatic N) is 1. The predicted octanol–water partition coefficient (Wildman–Crippen LogP) is 5.02. The van der Waals surface area contributed by atoms with Gasteiger partial charge in [0.2, 0.25) is 10.0 Å². The van der Waals surface area contributed by atoms with E-state index in [0.29, 0.717) is 0 Å². The molecule has 3 aromatic rings. The third-order valence-corrected chi connectivity index (χ3v) is 7.50. The van der Waals surface area contributed by atoms with Gasteiger partial charge in [-0.1, -0.05) is 66.2 Å². The Labute approximate surface area is 186 Å². The van der Waals surface area contributed by atoms with Crippen LogP contribution in [0.25, 0.3) is 0 Å². The largest absolute Gasteiger partial charge is 0.478 e. The van der Waals surface area contributed by atoms with Crippen LogP contribution in [0.4, 0.5) is 4.39 Å². The molecule has 1 heterocycles. The van der Waals surface area contributed by atoms with Crippen LogP contribution in [0.3, 0.4) is 0 Å². The lowest BCUT2D eigenvalue weighted by Gasteiger charge is -2.40. The van der Waals surface area contributed by atoms with Gasteiger partial charge in [0.1, 0.15) is 5.82 Å². The minimum absolute atomic E-state index is 0.0464. The fourth-order valence-corrected chi connectivity index (χ4v) is 5.87. The molecule has 0 saturated carbocycles. The van der Waals surface area contributed by atoms with Crippen molar-refractivity contribution in [3.63, 3.8) is 0 Å². The lowest BCUT2D eigenvalue weighted by Crippen LogP contribution is -2.42. The van der Waals surface area contributed by atoms with E-state index in [4.69, 9.17) is 0 Å². The number of sulfonamides is 1. The van der Waals surface area contributed by atoms with Gasteiger partial charge in [0.15, 0.2) is 0 Å². The third-order valence-electron chi connectivity index (χ3n) is 5.61. The average Bonchev–Trinajstić information content (AvgIpc) is 2.79. The predicted molar refractivity (Wildman–Crippen MR) is 119 cm³/mol. The second-order valence-corrected chi connectivity index (χ2v) is 9.58. The second-order valence-electron chi connectivity index (χ2n) is 7.73. The Morgan fingerprint density at radius 2 is 1.66 bits per heavy atom. The Bertz CT molecular complexity index is 1270. The summed E-state index contributed by atoms with van der Waals surface area (Å²) in [4.78, 5) is 12.2. The Kier molecular flexibility index (Phi) is 5.95. The van der Waals surface area contributed by atoms with Gasteiger partial charge in [-0.2, -0.15) is 4.31 Å². The lowest BCUT2D eigenvalue weighted by molar-refractivity contribution is -0.133. The van der Waals surface area contributed by atoms with Crippen molar-refractivity contribution in [3.8, 4) is 0 Å². The van der Waals surface area contributed by atoms with Crippen LogP contribution < -0.4 is 0 Å². The van der Waals surface area contributed by atoms with Crippen LogP contribution in [0.5, 0.6) is 0 Å². The molecule has 0 bridgehead atoms. The van der Waals surface area contributed by atoms with Crippen molar-refractivity contribution >= 4 is 16.0 Å². The number of halogens is 1. The summed E-state index contributed by atoms with van der Waals surface area (Å²) in [5.41, 5.74) is 1.91. The highest BCUT2D eigenvalue weighted by Gasteiger charge is 2.44. The zero-order valence-corrected chi connectivity index (χ0v) is 18.2. The van der Waals surface area contributed by atoms with Gasteiger partial charge in [-0.05, 0) is 48.7 Å². The topological polar surface area (TPSA) is 74.7 Å². The van der Waals surface area contributed by atoms with Gasteiger partial charge < -0.3 is 5.11 Å². The molecule has 7 heteroatoms. The molecule has 1 N–H and O–H groups in total. The molecular formula is C25H22FNO4S. The Morgan fingerprint density at radius 1 is 0.969 bits per heavy atom. The highest BCUT2D eigenvalue weighted by molar-refractivity contribution is 7.89. The molecule has 3 aromatic carbocycles. The number of benzene rings is 3. The molecule has 2 atom stereocenters. The maximum atomic E-state index is 14.1. The lowest BCUT2D eigenvalue weighted by atomic mass is 9.89. The number of carboxylic acids is 1. The van der Waals surface area contributed by atoms with Crippen molar-refractivity contribution in [1.29, 1.82) is 0 Å². The second kappa shape index (κ2) is 8.68. The molecule has 0 spiro atoms. The van der Waals surface area contributed by atoms with Gasteiger partial charge in [-0.25, -0.2) is 17.6 Å². The molecule has 0 radical (unpaired) electrons. The summed E-state index contributed by atoms with van der Waals surface area (Å²) < 4.78 is 43.1. The van der Waals surface area contributed by atoms with Crippen LogP contribution in [0.1, 0.15) is 35.2 Å². The zero-order valence-electron chi connectivity index (χ0n) is 17.4. The highest BCUT2D eigenvalue weighted by Crippen LogP contribution is 2.45. The quantitative estimate of drug-likeness (QED) is 0.591. The van der Waals surface area contributed by atoms with Crippen molar-refractivity contribution in [2.75, 3.05) is 0 Å². The summed E-state index contributed by atoms with van der Waals surface area (Å²) in [7, 11) is -4.14. The average molecular weight is 452 g/mol. The minimum Gasteiger partial charge on any atom is -0.478 e. The summed E-state index contributed by atoms with van der Waals surface area (Å²) >= 11 is 0. The first kappa shape index (κ1) is 21.9. The molecule has 164 valence electrons. The standard InChI is InChI=1S/C25H22FNO4S/c1-17-10-12-18(13-11-17)23-15-14-22(25(28)29)24(19-6-5-7-20(26)16-19)27(23)32(30,31)21-8-3-2-4-9-21/h2-14,16,23-24H,15H2,1H3,(H,28,29)/t23-,24-/m0/s1. The van der Waals surface area contributed by atoms with Gasteiger partial charge in [0.25, 0.3) is 0 Å². The highest BCUT2D eigenvalue weighted by atomic mass is 32.2. The molecule has 4 rings (SSSR count). The van der Waals surface area contributed by atoms with Crippen LogP contribution in [0, 0.1) is 12.7 Å². The van der Waals surface area contributed by atoms with Gasteiger partial charge in [0.05, 0.1) is 22.6 Å². The van der Waals surface area contributed by atoms with E-state index in [0.717, 1.165) is 11.1 Å². The number of carboxylic acid groups (broad SMARTS) is 1. The van der Waals surface area contributed by atoms with E-state index in [9.17, 15) is 22.7 Å². The number of hydrogen-bond donors (Lipinski definition) is 1. The summed E-state index contributed by atoms with van der Waals surface area (Å²) in [5.74, 6) is -1.81. The number of carbonyl (C=O) groups is 1. The molecular weight excluding hydrogens is 429 g/mol. The first-order valence-corrected chi connectivity index (χ1v) is 11.6. The number of hydrogen-bond acceptors (Lipinski definition) is 3. The van der Waals surface area contributed by atoms with E-state index >= 15 is 0 Å². The summed E-state index contributed by atoms with van der Waals surface area (Å²) in [6, 6.07) is 18.9. The zero-order chi connectivity index (χ0) is 22.9. The number of aliphatic carboxylic acids is 1. The first-order chi connectivity index (χ1) is 15.3. The van der Waals surface area contributed by atoms with Gasteiger partial charge in [-0.15, -0.1) is 0 Å². The van der Waals surface area contributed by atoms with E-state index in [-0.39, 0.29) is 22.5 Å². The minimum atomic E-state index is -4.14. The fraction of sp³-hybridized carbons (Fsp3) is 0.160. The van der Waals surface area contributed by atoms with E-state index in [1.807, 2.05) is 31.2 Å². The molecule has 0 aromatic heterocycles. The van der Waals surface area contributed by atoms with Crippen molar-refractivity contribution in [3.05, 3.63) is 113 Å². The Hall–Kier alpha value is -3.29. The van der Waals surface area contributed by atoms with Crippen LogP contribution in [0.15, 0.2) is 95.4 Å². The maximum absolute atomic E-state index is 14.1. The Balaban J connectivity index is 1.97. The van der Waals surface area contributed by atoms with Crippen molar-refractivity contribution < 1.29 is 22.7 Å². The van der Waals surface area contributed by atoms with Crippen LogP contribution in [-0.2, 0) is 14.8 Å². The van der Waals surface area contributed by atoms with E-state index < -0.39 is 33.9 Å². The first-order valence-electron chi connectivity index (χ1n) is 10.1. The molecule has 1 aliphatic heterocycles. The van der Waals surface area contributed by atoms with Crippen LogP contribution >= 0.6 is 0 Å². The number of rotatable bonds is 5. The van der Waals surface area contributed by atoms with Gasteiger partial charge >= 0.3 is 5.97 Å². The van der Waals surface area contributed by atoms with Gasteiger partial charge in [0, 0.05) is 0 Å². The van der Waals surface area contributed by atoms with E-state index in [1.165, 1.54) is 34.6 Å². The molecule has 0 saturated heterocycles. The van der Waals surface area contributed by atoms with Crippen molar-refractivity contribution in [1.82, 2.24) is 4.31 Å².